The van der Waals surface area contributed by atoms with Gasteiger partial charge < -0.3 is 14.4 Å². The van der Waals surface area contributed by atoms with Crippen molar-refractivity contribution in [2.24, 2.45) is 0 Å². The van der Waals surface area contributed by atoms with Crippen molar-refractivity contribution in [3.8, 4) is 5.19 Å². The van der Waals surface area contributed by atoms with Crippen LogP contribution >= 0.6 is 11.3 Å². The first-order valence-corrected chi connectivity index (χ1v) is 7.71. The summed E-state index contributed by atoms with van der Waals surface area (Å²) < 4.78 is 10.7. The number of ether oxygens (including phenoxy) is 2. The molecule has 1 atom stereocenters. The zero-order valence-electron chi connectivity index (χ0n) is 12.3. The van der Waals surface area contributed by atoms with E-state index in [-0.39, 0.29) is 12.3 Å². The van der Waals surface area contributed by atoms with Gasteiger partial charge in [-0.25, -0.2) is 9.69 Å². The lowest BCUT2D eigenvalue weighted by molar-refractivity contribution is 0.0366. The van der Waals surface area contributed by atoms with Gasteiger partial charge in [-0.1, -0.05) is 11.2 Å². The summed E-state index contributed by atoms with van der Waals surface area (Å²) in [7, 11) is 1.53. The Kier molecular flexibility index (Phi) is 5.51. The zero-order valence-corrected chi connectivity index (χ0v) is 13.1. The molecule has 0 saturated carbocycles. The highest BCUT2D eigenvalue weighted by Gasteiger charge is 2.36. The first kappa shape index (κ1) is 15.7. The molecule has 2 rings (SSSR count). The Morgan fingerprint density at radius 3 is 2.95 bits per heavy atom. The topological polar surface area (TPSA) is 67.8 Å². The Labute approximate surface area is 128 Å². The predicted octanol–water partition coefficient (Wildman–Crippen LogP) is 2.12. The standard InChI is InChI=1S/C13H20N4O3S/c1-4-6-8-16-9-7-10(20-5-2)17(13(16)18)11-14-15-12(19-3)21-11/h4,10H,1,5-9H2,2-3H3. The highest BCUT2D eigenvalue weighted by molar-refractivity contribution is 7.17. The molecule has 0 aliphatic carbocycles. The molecule has 2 amide bonds. The minimum atomic E-state index is -0.305. The number of aromatic nitrogens is 2. The van der Waals surface area contributed by atoms with Gasteiger partial charge in [0.05, 0.1) is 7.11 Å². The Morgan fingerprint density at radius 1 is 1.52 bits per heavy atom. The summed E-state index contributed by atoms with van der Waals surface area (Å²) >= 11 is 1.23. The molecule has 1 saturated heterocycles. The molecule has 0 N–H and O–H groups in total. The minimum Gasteiger partial charge on any atom is -0.472 e. The van der Waals surface area contributed by atoms with Crippen molar-refractivity contribution in [1.29, 1.82) is 0 Å². The molecule has 8 heteroatoms. The van der Waals surface area contributed by atoms with Crippen molar-refractivity contribution in [1.82, 2.24) is 15.1 Å². The Hall–Kier alpha value is -1.67. The van der Waals surface area contributed by atoms with E-state index in [1.807, 2.05) is 6.92 Å². The van der Waals surface area contributed by atoms with Crippen molar-refractivity contribution in [3.63, 3.8) is 0 Å². The van der Waals surface area contributed by atoms with Crippen LogP contribution in [0.3, 0.4) is 0 Å². The molecule has 0 bridgehead atoms. The van der Waals surface area contributed by atoms with E-state index in [9.17, 15) is 4.79 Å². The lowest BCUT2D eigenvalue weighted by Crippen LogP contribution is -2.55. The van der Waals surface area contributed by atoms with Gasteiger partial charge in [0.15, 0.2) is 0 Å². The Morgan fingerprint density at radius 2 is 2.33 bits per heavy atom. The van der Waals surface area contributed by atoms with Crippen LogP contribution in [-0.4, -0.2) is 54.2 Å². The smallest absolute Gasteiger partial charge is 0.328 e. The number of amides is 2. The van der Waals surface area contributed by atoms with E-state index in [1.54, 1.807) is 15.9 Å². The fraction of sp³-hybridized carbons (Fsp3) is 0.615. The normalized spacial score (nSPS) is 19.0. The lowest BCUT2D eigenvalue weighted by atomic mass is 10.2. The van der Waals surface area contributed by atoms with Crippen LogP contribution in [0.4, 0.5) is 9.93 Å². The van der Waals surface area contributed by atoms with Gasteiger partial charge in [0.2, 0.25) is 5.13 Å². The predicted molar refractivity (Wildman–Crippen MR) is 80.8 cm³/mol. The van der Waals surface area contributed by atoms with E-state index in [1.165, 1.54) is 18.4 Å². The second kappa shape index (κ2) is 7.37. The highest BCUT2D eigenvalue weighted by atomic mass is 32.1. The van der Waals surface area contributed by atoms with E-state index in [4.69, 9.17) is 9.47 Å². The van der Waals surface area contributed by atoms with Crippen LogP contribution in [0.1, 0.15) is 19.8 Å². The zero-order chi connectivity index (χ0) is 15.2. The maximum Gasteiger partial charge on any atom is 0.328 e. The van der Waals surface area contributed by atoms with E-state index in [0.717, 1.165) is 12.8 Å². The van der Waals surface area contributed by atoms with Gasteiger partial charge in [-0.05, 0) is 24.7 Å². The Bertz CT molecular complexity index is 494. The largest absolute Gasteiger partial charge is 0.472 e. The molecule has 0 aromatic carbocycles. The number of methoxy groups -OCH3 is 1. The van der Waals surface area contributed by atoms with E-state index >= 15 is 0 Å². The van der Waals surface area contributed by atoms with E-state index in [0.29, 0.717) is 30.0 Å². The molecule has 1 aliphatic heterocycles. The monoisotopic (exact) mass is 312 g/mol. The fourth-order valence-corrected chi connectivity index (χ4v) is 2.86. The van der Waals surface area contributed by atoms with E-state index < -0.39 is 0 Å². The molecule has 1 aromatic heterocycles. The third-order valence-corrected chi connectivity index (χ3v) is 4.03. The molecule has 1 aromatic rings. The number of hydrogen-bond acceptors (Lipinski definition) is 6. The van der Waals surface area contributed by atoms with Crippen molar-refractivity contribution in [2.45, 2.75) is 26.0 Å². The van der Waals surface area contributed by atoms with Gasteiger partial charge in [0.25, 0.3) is 5.19 Å². The number of urea groups is 1. The first-order valence-electron chi connectivity index (χ1n) is 6.89. The van der Waals surface area contributed by atoms with Gasteiger partial charge in [0, 0.05) is 26.1 Å². The number of anilines is 1. The van der Waals surface area contributed by atoms with Gasteiger partial charge in [0.1, 0.15) is 6.23 Å². The van der Waals surface area contributed by atoms with Crippen LogP contribution in [0.5, 0.6) is 5.19 Å². The van der Waals surface area contributed by atoms with Crippen LogP contribution in [0.25, 0.3) is 0 Å². The summed E-state index contributed by atoms with van der Waals surface area (Å²) in [6, 6.07) is -0.111. The van der Waals surface area contributed by atoms with Crippen LogP contribution in [0.15, 0.2) is 12.7 Å². The summed E-state index contributed by atoms with van der Waals surface area (Å²) in [6.45, 7) is 7.46. The van der Waals surface area contributed by atoms with Gasteiger partial charge in [-0.2, -0.15) is 0 Å². The minimum absolute atomic E-state index is 0.111. The highest BCUT2D eigenvalue weighted by Crippen LogP contribution is 2.31. The van der Waals surface area contributed by atoms with Crippen molar-refractivity contribution in [3.05, 3.63) is 12.7 Å². The average Bonchev–Trinajstić information content (AvgIpc) is 2.95. The quantitative estimate of drug-likeness (QED) is 0.721. The third-order valence-electron chi connectivity index (χ3n) is 3.15. The molecule has 0 radical (unpaired) electrons. The van der Waals surface area contributed by atoms with Gasteiger partial charge in [-0.15, -0.1) is 11.7 Å². The average molecular weight is 312 g/mol. The van der Waals surface area contributed by atoms with Crippen LogP contribution in [-0.2, 0) is 4.74 Å². The maximum absolute atomic E-state index is 12.7. The molecule has 0 spiro atoms. The van der Waals surface area contributed by atoms with Crippen LogP contribution in [0, 0.1) is 0 Å². The summed E-state index contributed by atoms with van der Waals surface area (Å²) in [5.41, 5.74) is 0. The third kappa shape index (κ3) is 3.51. The molecule has 21 heavy (non-hydrogen) atoms. The molecule has 1 fully saturated rings. The first-order chi connectivity index (χ1) is 10.2. The number of carbonyl (C=O) groups is 1. The number of hydrogen-bond donors (Lipinski definition) is 0. The molecule has 1 aliphatic rings. The van der Waals surface area contributed by atoms with Crippen molar-refractivity contribution < 1.29 is 14.3 Å². The SMILES string of the molecule is C=CCCN1CCC(OCC)N(c2nnc(OC)s2)C1=O. The summed E-state index contributed by atoms with van der Waals surface area (Å²) in [5, 5.41) is 8.84. The second-order valence-electron chi connectivity index (χ2n) is 4.47. The van der Waals surface area contributed by atoms with Gasteiger partial charge >= 0.3 is 6.03 Å². The maximum atomic E-state index is 12.7. The number of nitrogens with zero attached hydrogens (tertiary/aromatic N) is 4. The van der Waals surface area contributed by atoms with Crippen LogP contribution < -0.4 is 9.64 Å². The summed E-state index contributed by atoms with van der Waals surface area (Å²) in [6.07, 6.45) is 3.00. The molecular weight excluding hydrogens is 292 g/mol. The van der Waals surface area contributed by atoms with Crippen LogP contribution in [0.2, 0.25) is 0 Å². The van der Waals surface area contributed by atoms with Gasteiger partial charge in [-0.3, -0.25) is 0 Å². The molecule has 116 valence electrons. The lowest BCUT2D eigenvalue weighted by Gasteiger charge is -2.39. The second-order valence-corrected chi connectivity index (χ2v) is 5.39. The summed E-state index contributed by atoms with van der Waals surface area (Å²) in [4.78, 5) is 16.0. The van der Waals surface area contributed by atoms with Crippen molar-refractivity contribution in [2.75, 3.05) is 31.7 Å². The Balaban J connectivity index is 2.20. The molecule has 1 unspecified atom stereocenters. The van der Waals surface area contributed by atoms with E-state index in [2.05, 4.69) is 16.8 Å². The molecular formula is C13H20N4O3S. The molecule has 7 nitrogen and oxygen atoms in total. The number of carbonyl (C=O) groups excluding carboxylic acids is 1. The fourth-order valence-electron chi connectivity index (χ4n) is 2.16. The molecule has 2 heterocycles. The number of rotatable bonds is 7. The summed E-state index contributed by atoms with van der Waals surface area (Å²) in [5.74, 6) is 0. The van der Waals surface area contributed by atoms with Crippen molar-refractivity contribution >= 4 is 22.5 Å².